The van der Waals surface area contributed by atoms with Crippen molar-refractivity contribution >= 4 is 0 Å². The summed E-state index contributed by atoms with van der Waals surface area (Å²) in [5.41, 5.74) is 1.33. The summed E-state index contributed by atoms with van der Waals surface area (Å²) >= 11 is 0. The molecule has 4 heteroatoms. The molecule has 4 rings (SSSR count). The Kier molecular flexibility index (Phi) is 4.18. The van der Waals surface area contributed by atoms with E-state index in [-0.39, 0.29) is 12.2 Å². The van der Waals surface area contributed by atoms with Gasteiger partial charge in [-0.15, -0.1) is 0 Å². The molecule has 3 fully saturated rings. The maximum Gasteiger partial charge on any atom is 0.163 e. The Morgan fingerprint density at radius 1 is 1.17 bits per heavy atom. The van der Waals surface area contributed by atoms with Gasteiger partial charge in [0.1, 0.15) is 12.2 Å². The molecule has 0 amide bonds. The van der Waals surface area contributed by atoms with E-state index in [1.165, 1.54) is 31.4 Å². The van der Waals surface area contributed by atoms with Crippen LogP contribution in [0.25, 0.3) is 0 Å². The average Bonchev–Trinajstić information content (AvgIpc) is 2.86. The van der Waals surface area contributed by atoms with Crippen molar-refractivity contribution in [2.45, 2.75) is 69.7 Å². The van der Waals surface area contributed by atoms with Gasteiger partial charge < -0.3 is 14.8 Å². The predicted molar refractivity (Wildman–Crippen MR) is 90.1 cm³/mol. The van der Waals surface area contributed by atoms with Crippen LogP contribution in [0, 0.1) is 0 Å². The van der Waals surface area contributed by atoms with E-state index >= 15 is 0 Å². The summed E-state index contributed by atoms with van der Waals surface area (Å²) in [7, 11) is 0. The van der Waals surface area contributed by atoms with E-state index in [9.17, 15) is 0 Å². The molecule has 3 heterocycles. The highest BCUT2D eigenvalue weighted by Gasteiger charge is 2.52. The lowest BCUT2D eigenvalue weighted by Gasteiger charge is -2.48. The number of nitrogens with one attached hydrogen (secondary N) is 1. The molecule has 0 spiro atoms. The van der Waals surface area contributed by atoms with Crippen molar-refractivity contribution in [1.29, 1.82) is 0 Å². The fourth-order valence-electron chi connectivity index (χ4n) is 4.49. The number of piperidine rings is 2. The van der Waals surface area contributed by atoms with Crippen LogP contribution in [0.3, 0.4) is 0 Å². The summed E-state index contributed by atoms with van der Waals surface area (Å²) in [4.78, 5) is 2.62. The Hall–Kier alpha value is -0.940. The fraction of sp³-hybridized carbons (Fsp3) is 0.684. The van der Waals surface area contributed by atoms with Gasteiger partial charge in [-0.1, -0.05) is 36.8 Å². The first-order valence-electron chi connectivity index (χ1n) is 8.99. The first kappa shape index (κ1) is 15.6. The molecule has 1 aromatic rings. The second kappa shape index (κ2) is 6.17. The second-order valence-corrected chi connectivity index (χ2v) is 7.59. The van der Waals surface area contributed by atoms with Gasteiger partial charge in [0.05, 0.1) is 6.04 Å². The van der Waals surface area contributed by atoms with E-state index in [2.05, 4.69) is 40.5 Å². The monoisotopic (exact) mass is 316 g/mol. The summed E-state index contributed by atoms with van der Waals surface area (Å²) in [5.74, 6) is -0.462. The zero-order chi connectivity index (χ0) is 15.9. The van der Waals surface area contributed by atoms with Gasteiger partial charge in [-0.3, -0.25) is 4.90 Å². The molecule has 3 saturated heterocycles. The molecule has 0 saturated carbocycles. The van der Waals surface area contributed by atoms with Crippen molar-refractivity contribution in [2.24, 2.45) is 0 Å². The molecule has 0 aromatic heterocycles. The zero-order valence-electron chi connectivity index (χ0n) is 14.2. The second-order valence-electron chi connectivity index (χ2n) is 7.59. The third-order valence-electron chi connectivity index (χ3n) is 5.45. The average molecular weight is 316 g/mol. The van der Waals surface area contributed by atoms with Crippen LogP contribution in [-0.4, -0.2) is 48.1 Å². The fourth-order valence-corrected chi connectivity index (χ4v) is 4.49. The Morgan fingerprint density at radius 2 is 2.00 bits per heavy atom. The molecule has 4 nitrogen and oxygen atoms in total. The Bertz CT molecular complexity index is 533. The minimum atomic E-state index is -0.462. The first-order valence-corrected chi connectivity index (χ1v) is 8.99. The van der Waals surface area contributed by atoms with Crippen LogP contribution in [0.1, 0.15) is 38.7 Å². The Balaban J connectivity index is 1.52. The molecule has 0 aliphatic carbocycles. The van der Waals surface area contributed by atoms with Gasteiger partial charge in [0.15, 0.2) is 5.79 Å². The summed E-state index contributed by atoms with van der Waals surface area (Å²) in [6.07, 6.45) is 4.25. The number of hydrogen-bond donors (Lipinski definition) is 1. The number of benzene rings is 1. The van der Waals surface area contributed by atoms with E-state index < -0.39 is 5.79 Å². The molecule has 0 bridgehead atoms. The van der Waals surface area contributed by atoms with Crippen LogP contribution in [0.4, 0.5) is 0 Å². The van der Waals surface area contributed by atoms with Crippen LogP contribution >= 0.6 is 0 Å². The molecule has 3 aliphatic heterocycles. The first-order chi connectivity index (χ1) is 11.1. The van der Waals surface area contributed by atoms with Gasteiger partial charge in [-0.25, -0.2) is 0 Å². The third-order valence-corrected chi connectivity index (χ3v) is 5.45. The smallest absolute Gasteiger partial charge is 0.163 e. The van der Waals surface area contributed by atoms with E-state index in [1.807, 2.05) is 13.8 Å². The number of fused-ring (bicyclic) bond motifs is 2. The Morgan fingerprint density at radius 3 is 2.83 bits per heavy atom. The molecule has 1 aromatic carbocycles. The molecule has 0 unspecified atom stereocenters. The van der Waals surface area contributed by atoms with Gasteiger partial charge in [0.25, 0.3) is 0 Å². The van der Waals surface area contributed by atoms with E-state index in [0.29, 0.717) is 12.1 Å². The van der Waals surface area contributed by atoms with Crippen LogP contribution in [-0.2, 0) is 16.0 Å². The number of hydrogen-bond acceptors (Lipinski definition) is 4. The van der Waals surface area contributed by atoms with Crippen molar-refractivity contribution in [3.8, 4) is 0 Å². The molecule has 4 atom stereocenters. The molecule has 1 N–H and O–H groups in total. The minimum Gasteiger partial charge on any atom is -0.343 e. The van der Waals surface area contributed by atoms with Crippen molar-refractivity contribution in [3.05, 3.63) is 35.9 Å². The van der Waals surface area contributed by atoms with Crippen LogP contribution in [0.5, 0.6) is 0 Å². The molecular weight excluding hydrogens is 288 g/mol. The lowest BCUT2D eigenvalue weighted by atomic mass is 9.85. The molecular formula is C19H28N2O2. The lowest BCUT2D eigenvalue weighted by Crippen LogP contribution is -2.65. The SMILES string of the molecule is CC1(C)O[C@H]2[C@@H](NCc3ccccc3)[C@H]3CCCCN3C[C@@H]2O1. The quantitative estimate of drug-likeness (QED) is 0.929. The highest BCUT2D eigenvalue weighted by molar-refractivity contribution is 5.15. The normalized spacial score (nSPS) is 36.4. The predicted octanol–water partition coefficient (Wildman–Crippen LogP) is 2.53. The number of nitrogens with zero attached hydrogens (tertiary/aromatic N) is 1. The van der Waals surface area contributed by atoms with Crippen LogP contribution in [0.2, 0.25) is 0 Å². The van der Waals surface area contributed by atoms with Gasteiger partial charge in [-0.2, -0.15) is 0 Å². The topological polar surface area (TPSA) is 33.7 Å². The van der Waals surface area contributed by atoms with Crippen molar-refractivity contribution in [2.75, 3.05) is 13.1 Å². The molecule has 126 valence electrons. The highest BCUT2D eigenvalue weighted by atomic mass is 16.8. The molecule has 3 aliphatic rings. The van der Waals surface area contributed by atoms with Crippen LogP contribution < -0.4 is 5.32 Å². The van der Waals surface area contributed by atoms with Gasteiger partial charge >= 0.3 is 0 Å². The van der Waals surface area contributed by atoms with Gasteiger partial charge in [0, 0.05) is 19.1 Å². The van der Waals surface area contributed by atoms with Crippen molar-refractivity contribution < 1.29 is 9.47 Å². The summed E-state index contributed by atoms with van der Waals surface area (Å²) in [6, 6.07) is 11.6. The molecule has 23 heavy (non-hydrogen) atoms. The maximum atomic E-state index is 6.29. The lowest BCUT2D eigenvalue weighted by molar-refractivity contribution is -0.146. The largest absolute Gasteiger partial charge is 0.343 e. The van der Waals surface area contributed by atoms with Gasteiger partial charge in [0.2, 0.25) is 0 Å². The summed E-state index contributed by atoms with van der Waals surface area (Å²) in [5, 5.41) is 3.80. The third kappa shape index (κ3) is 3.18. The Labute approximate surface area is 139 Å². The minimum absolute atomic E-state index is 0.160. The molecule has 0 radical (unpaired) electrons. The number of ether oxygens (including phenoxy) is 2. The highest BCUT2D eigenvalue weighted by Crippen LogP contribution is 2.38. The van der Waals surface area contributed by atoms with E-state index in [1.54, 1.807) is 0 Å². The summed E-state index contributed by atoms with van der Waals surface area (Å²) in [6.45, 7) is 7.18. The standard InChI is InChI=1S/C19H28N2O2/c1-19(2)22-16-13-21-11-7-6-10-15(21)17(18(16)23-19)20-12-14-8-4-3-5-9-14/h3-5,8-9,15-18,20H,6-7,10-13H2,1-2H3/t15-,16+,17+,18-/m1/s1. The van der Waals surface area contributed by atoms with E-state index in [4.69, 9.17) is 9.47 Å². The van der Waals surface area contributed by atoms with Gasteiger partial charge in [-0.05, 0) is 38.8 Å². The number of rotatable bonds is 3. The van der Waals surface area contributed by atoms with E-state index in [0.717, 1.165) is 13.1 Å². The van der Waals surface area contributed by atoms with Crippen molar-refractivity contribution in [3.63, 3.8) is 0 Å². The summed E-state index contributed by atoms with van der Waals surface area (Å²) < 4.78 is 12.5. The van der Waals surface area contributed by atoms with Crippen LogP contribution in [0.15, 0.2) is 30.3 Å². The van der Waals surface area contributed by atoms with Crippen molar-refractivity contribution in [1.82, 2.24) is 10.2 Å². The maximum absolute atomic E-state index is 6.29. The zero-order valence-corrected chi connectivity index (χ0v) is 14.2.